The van der Waals surface area contributed by atoms with Crippen molar-refractivity contribution in [2.24, 2.45) is 0 Å². The third-order valence-corrected chi connectivity index (χ3v) is 2.73. The third kappa shape index (κ3) is 3.83. The van der Waals surface area contributed by atoms with E-state index in [1.165, 1.54) is 11.5 Å². The Morgan fingerprint density at radius 1 is 1.62 bits per heavy atom. The van der Waals surface area contributed by atoms with Gasteiger partial charge in [-0.1, -0.05) is 6.92 Å². The highest BCUT2D eigenvalue weighted by Crippen LogP contribution is 2.03. The average Bonchev–Trinajstić information content (AvgIpc) is 2.60. The predicted octanol–water partition coefficient (Wildman–Crippen LogP) is 1.52. The van der Waals surface area contributed by atoms with E-state index < -0.39 is 0 Å². The molecule has 13 heavy (non-hydrogen) atoms. The average molecular weight is 200 g/mol. The number of rotatable bonds is 6. The van der Waals surface area contributed by atoms with Gasteiger partial charge in [0, 0.05) is 18.3 Å². The number of thioether (sulfide) groups is 1. The molecular weight excluding hydrogens is 184 g/mol. The molecule has 1 heterocycles. The Hall–Kier alpha value is -0.480. The molecule has 1 N–H and O–H groups in total. The minimum absolute atomic E-state index is 0.0870. The van der Waals surface area contributed by atoms with E-state index in [-0.39, 0.29) is 6.61 Å². The summed E-state index contributed by atoms with van der Waals surface area (Å²) in [6.07, 6.45) is 4.76. The van der Waals surface area contributed by atoms with Gasteiger partial charge in [-0.25, -0.2) is 0 Å². The molecule has 0 bridgehead atoms. The van der Waals surface area contributed by atoms with E-state index in [9.17, 15) is 0 Å². The summed E-state index contributed by atoms with van der Waals surface area (Å²) in [7, 11) is 0. The maximum absolute atomic E-state index is 8.80. The quantitative estimate of drug-likeness (QED) is 0.707. The highest BCUT2D eigenvalue weighted by molar-refractivity contribution is 7.99. The zero-order chi connectivity index (χ0) is 9.52. The van der Waals surface area contributed by atoms with E-state index in [1.807, 2.05) is 22.6 Å². The maximum Gasteiger partial charge on any atom is 0.0712 e. The van der Waals surface area contributed by atoms with Crippen molar-refractivity contribution in [2.45, 2.75) is 26.5 Å². The van der Waals surface area contributed by atoms with E-state index >= 15 is 0 Å². The maximum atomic E-state index is 8.80. The number of aliphatic hydroxyl groups excluding tert-OH is 1. The van der Waals surface area contributed by atoms with Gasteiger partial charge < -0.3 is 5.11 Å². The minimum Gasteiger partial charge on any atom is -0.392 e. The number of aromatic nitrogens is 2. The summed E-state index contributed by atoms with van der Waals surface area (Å²) >= 11 is 1.95. The Morgan fingerprint density at radius 3 is 3.08 bits per heavy atom. The Balaban J connectivity index is 2.20. The Bertz CT molecular complexity index is 237. The lowest BCUT2D eigenvalue weighted by Crippen LogP contribution is -1.99. The molecule has 0 radical (unpaired) electrons. The van der Waals surface area contributed by atoms with E-state index in [4.69, 9.17) is 5.11 Å². The second-order valence-electron chi connectivity index (χ2n) is 2.82. The molecule has 1 aromatic heterocycles. The molecule has 0 spiro atoms. The fourth-order valence-corrected chi connectivity index (χ4v) is 1.71. The number of aliphatic hydroxyl groups is 1. The summed E-state index contributed by atoms with van der Waals surface area (Å²) in [5.41, 5.74) is 0.892. The first kappa shape index (κ1) is 10.6. The van der Waals surface area contributed by atoms with Gasteiger partial charge in [0.05, 0.1) is 12.8 Å². The molecule has 0 amide bonds. The van der Waals surface area contributed by atoms with Gasteiger partial charge in [0.15, 0.2) is 0 Å². The summed E-state index contributed by atoms with van der Waals surface area (Å²) in [5, 5.41) is 12.9. The lowest BCUT2D eigenvalue weighted by Gasteiger charge is -1.99. The van der Waals surface area contributed by atoms with Gasteiger partial charge in [-0.05, 0) is 17.9 Å². The molecule has 3 nitrogen and oxygen atoms in total. The standard InChI is InChI=1S/C9H16N2OS/c1-2-13-5-3-4-11-7-9(8-12)6-10-11/h6-7,12H,2-5,8H2,1H3. The van der Waals surface area contributed by atoms with Crippen LogP contribution in [0.4, 0.5) is 0 Å². The number of aryl methyl sites for hydroxylation is 1. The van der Waals surface area contributed by atoms with E-state index in [1.54, 1.807) is 6.20 Å². The van der Waals surface area contributed by atoms with Crippen LogP contribution < -0.4 is 0 Å². The Kier molecular flexibility index (Phi) is 4.93. The van der Waals surface area contributed by atoms with Crippen molar-refractivity contribution in [3.63, 3.8) is 0 Å². The van der Waals surface area contributed by atoms with Crippen molar-refractivity contribution in [1.29, 1.82) is 0 Å². The van der Waals surface area contributed by atoms with E-state index in [0.717, 1.165) is 18.5 Å². The number of hydrogen-bond acceptors (Lipinski definition) is 3. The fraction of sp³-hybridized carbons (Fsp3) is 0.667. The number of nitrogens with zero attached hydrogens (tertiary/aromatic N) is 2. The molecule has 0 aliphatic carbocycles. The van der Waals surface area contributed by atoms with Crippen molar-refractivity contribution in [1.82, 2.24) is 9.78 Å². The van der Waals surface area contributed by atoms with Crippen molar-refractivity contribution in [2.75, 3.05) is 11.5 Å². The molecule has 0 fully saturated rings. The highest BCUT2D eigenvalue weighted by atomic mass is 32.2. The van der Waals surface area contributed by atoms with Crippen LogP contribution in [0, 0.1) is 0 Å². The zero-order valence-electron chi connectivity index (χ0n) is 7.94. The fourth-order valence-electron chi connectivity index (χ4n) is 1.08. The lowest BCUT2D eigenvalue weighted by atomic mass is 10.4. The summed E-state index contributed by atoms with van der Waals surface area (Å²) in [5.74, 6) is 2.37. The molecule has 0 unspecified atom stereocenters. The topological polar surface area (TPSA) is 38.0 Å². The molecular formula is C9H16N2OS. The molecule has 0 aromatic carbocycles. The van der Waals surface area contributed by atoms with Crippen LogP contribution >= 0.6 is 11.8 Å². The molecule has 0 saturated heterocycles. The number of hydrogen-bond donors (Lipinski definition) is 1. The largest absolute Gasteiger partial charge is 0.392 e. The van der Waals surface area contributed by atoms with Crippen LogP contribution in [0.1, 0.15) is 18.9 Å². The lowest BCUT2D eigenvalue weighted by molar-refractivity contribution is 0.281. The van der Waals surface area contributed by atoms with Gasteiger partial charge in [-0.15, -0.1) is 0 Å². The van der Waals surface area contributed by atoms with Crippen molar-refractivity contribution < 1.29 is 5.11 Å². The van der Waals surface area contributed by atoms with Crippen LogP contribution in [0.25, 0.3) is 0 Å². The van der Waals surface area contributed by atoms with Crippen LogP contribution in [0.3, 0.4) is 0 Å². The van der Waals surface area contributed by atoms with E-state index in [2.05, 4.69) is 12.0 Å². The first-order valence-corrected chi connectivity index (χ1v) is 5.72. The molecule has 0 aliphatic heterocycles. The van der Waals surface area contributed by atoms with Crippen LogP contribution in [-0.2, 0) is 13.2 Å². The second-order valence-corrected chi connectivity index (χ2v) is 4.21. The van der Waals surface area contributed by atoms with Crippen molar-refractivity contribution >= 4 is 11.8 Å². The summed E-state index contributed by atoms with van der Waals surface area (Å²) in [4.78, 5) is 0. The summed E-state index contributed by atoms with van der Waals surface area (Å²) in [6, 6.07) is 0. The van der Waals surface area contributed by atoms with Gasteiger partial charge in [0.1, 0.15) is 0 Å². The molecule has 0 aliphatic rings. The Labute approximate surface area is 83.1 Å². The monoisotopic (exact) mass is 200 g/mol. The molecule has 74 valence electrons. The smallest absolute Gasteiger partial charge is 0.0712 e. The molecule has 1 aromatic rings. The van der Waals surface area contributed by atoms with Crippen LogP contribution in [0.15, 0.2) is 12.4 Å². The normalized spacial score (nSPS) is 10.6. The first-order chi connectivity index (χ1) is 6.36. The Morgan fingerprint density at radius 2 is 2.46 bits per heavy atom. The van der Waals surface area contributed by atoms with Crippen LogP contribution in [0.5, 0.6) is 0 Å². The first-order valence-electron chi connectivity index (χ1n) is 4.56. The second kappa shape index (κ2) is 6.05. The summed E-state index contributed by atoms with van der Waals surface area (Å²) < 4.78 is 1.89. The SMILES string of the molecule is CCSCCCn1cc(CO)cn1. The minimum atomic E-state index is 0.0870. The van der Waals surface area contributed by atoms with Gasteiger partial charge >= 0.3 is 0 Å². The van der Waals surface area contributed by atoms with Gasteiger partial charge in [-0.3, -0.25) is 4.68 Å². The summed E-state index contributed by atoms with van der Waals surface area (Å²) in [6.45, 7) is 3.21. The van der Waals surface area contributed by atoms with Crippen molar-refractivity contribution in [3.05, 3.63) is 18.0 Å². The van der Waals surface area contributed by atoms with E-state index in [0.29, 0.717) is 0 Å². The van der Waals surface area contributed by atoms with Crippen LogP contribution in [-0.4, -0.2) is 26.4 Å². The zero-order valence-corrected chi connectivity index (χ0v) is 8.76. The third-order valence-electron chi connectivity index (χ3n) is 1.75. The van der Waals surface area contributed by atoms with Crippen LogP contribution in [0.2, 0.25) is 0 Å². The van der Waals surface area contributed by atoms with Crippen molar-refractivity contribution in [3.8, 4) is 0 Å². The molecule has 1 rings (SSSR count). The van der Waals surface area contributed by atoms with Gasteiger partial charge in [0.25, 0.3) is 0 Å². The highest BCUT2D eigenvalue weighted by Gasteiger charge is 1.96. The van der Waals surface area contributed by atoms with Gasteiger partial charge in [0.2, 0.25) is 0 Å². The molecule has 0 atom stereocenters. The van der Waals surface area contributed by atoms with Gasteiger partial charge in [-0.2, -0.15) is 16.9 Å². The molecule has 0 saturated carbocycles. The molecule has 4 heteroatoms. The predicted molar refractivity (Wildman–Crippen MR) is 55.8 cm³/mol.